The SMILES string of the molecule is CCOC(=O)Nc1c(N)cc2c(c1N)CCC2Nc1ccc(F)cc1. The molecule has 0 spiro atoms. The molecular weight excluding hydrogens is 323 g/mol. The Labute approximate surface area is 145 Å². The smallest absolute Gasteiger partial charge is 0.411 e. The fourth-order valence-corrected chi connectivity index (χ4v) is 3.13. The molecule has 6 nitrogen and oxygen atoms in total. The molecular formula is C18H21FN4O2. The van der Waals surface area contributed by atoms with Crippen LogP contribution in [0.15, 0.2) is 30.3 Å². The lowest BCUT2D eigenvalue weighted by Crippen LogP contribution is -2.17. The summed E-state index contributed by atoms with van der Waals surface area (Å²) in [6, 6.07) is 8.05. The fraction of sp³-hybridized carbons (Fsp3) is 0.278. The predicted molar refractivity (Wildman–Crippen MR) is 97.0 cm³/mol. The zero-order valence-corrected chi connectivity index (χ0v) is 13.9. The van der Waals surface area contributed by atoms with Crippen LogP contribution in [0.2, 0.25) is 0 Å². The van der Waals surface area contributed by atoms with Gasteiger partial charge in [0.2, 0.25) is 0 Å². The van der Waals surface area contributed by atoms with Gasteiger partial charge in [-0.3, -0.25) is 5.32 Å². The van der Waals surface area contributed by atoms with Crippen LogP contribution in [0.1, 0.15) is 30.5 Å². The Balaban J connectivity index is 1.85. The van der Waals surface area contributed by atoms with Gasteiger partial charge in [0.25, 0.3) is 0 Å². The zero-order chi connectivity index (χ0) is 18.0. The maximum Gasteiger partial charge on any atom is 0.411 e. The number of benzene rings is 2. The van der Waals surface area contributed by atoms with Crippen LogP contribution in [-0.4, -0.2) is 12.7 Å². The minimum Gasteiger partial charge on any atom is -0.450 e. The van der Waals surface area contributed by atoms with Gasteiger partial charge in [0.05, 0.1) is 29.7 Å². The van der Waals surface area contributed by atoms with Crippen molar-refractivity contribution < 1.29 is 13.9 Å². The van der Waals surface area contributed by atoms with Gasteiger partial charge in [-0.2, -0.15) is 0 Å². The van der Waals surface area contributed by atoms with Gasteiger partial charge in [-0.25, -0.2) is 9.18 Å². The summed E-state index contributed by atoms with van der Waals surface area (Å²) in [7, 11) is 0. The molecule has 2 aromatic rings. The second-order valence-corrected chi connectivity index (χ2v) is 5.91. The fourth-order valence-electron chi connectivity index (χ4n) is 3.13. The van der Waals surface area contributed by atoms with Crippen LogP contribution in [-0.2, 0) is 11.2 Å². The lowest BCUT2D eigenvalue weighted by Gasteiger charge is -2.19. The standard InChI is InChI=1S/C18H21FN4O2/c1-2-25-18(24)23-17-14(20)9-13-12(16(17)21)7-8-15(13)22-11-5-3-10(19)4-6-11/h3-6,9,15,22H,2,7-8,20-21H2,1H3,(H,23,24). The summed E-state index contributed by atoms with van der Waals surface area (Å²) < 4.78 is 17.9. The number of nitrogens with one attached hydrogen (secondary N) is 2. The van der Waals surface area contributed by atoms with Crippen LogP contribution >= 0.6 is 0 Å². The number of hydrogen-bond donors (Lipinski definition) is 4. The van der Waals surface area contributed by atoms with E-state index in [0.29, 0.717) is 17.1 Å². The summed E-state index contributed by atoms with van der Waals surface area (Å²) in [5.41, 5.74) is 16.3. The number of carbonyl (C=O) groups is 1. The van der Waals surface area contributed by atoms with Crippen molar-refractivity contribution in [2.45, 2.75) is 25.8 Å². The van der Waals surface area contributed by atoms with E-state index in [-0.39, 0.29) is 18.5 Å². The number of amides is 1. The Morgan fingerprint density at radius 2 is 2.04 bits per heavy atom. The van der Waals surface area contributed by atoms with Crippen LogP contribution in [0.5, 0.6) is 0 Å². The van der Waals surface area contributed by atoms with Crippen molar-refractivity contribution in [2.75, 3.05) is 28.7 Å². The van der Waals surface area contributed by atoms with E-state index in [1.807, 2.05) is 6.07 Å². The molecule has 0 aliphatic heterocycles. The zero-order valence-electron chi connectivity index (χ0n) is 13.9. The summed E-state index contributed by atoms with van der Waals surface area (Å²) in [5.74, 6) is -0.277. The Hall–Kier alpha value is -2.96. The molecule has 3 rings (SSSR count). The van der Waals surface area contributed by atoms with Crippen molar-refractivity contribution in [2.24, 2.45) is 0 Å². The van der Waals surface area contributed by atoms with Crippen molar-refractivity contribution in [1.29, 1.82) is 0 Å². The molecule has 1 unspecified atom stereocenters. The van der Waals surface area contributed by atoms with Crippen molar-refractivity contribution in [3.8, 4) is 0 Å². The van der Waals surface area contributed by atoms with Crippen LogP contribution in [0, 0.1) is 5.82 Å². The Kier molecular flexibility index (Phi) is 4.65. The number of nitrogen functional groups attached to an aromatic ring is 2. The molecule has 0 bridgehead atoms. The first kappa shape index (κ1) is 16.9. The molecule has 1 aliphatic carbocycles. The molecule has 1 aliphatic rings. The van der Waals surface area contributed by atoms with Gasteiger partial charge in [0, 0.05) is 5.69 Å². The number of carbonyl (C=O) groups excluding carboxylic acids is 1. The Bertz CT molecular complexity index is 793. The topological polar surface area (TPSA) is 102 Å². The van der Waals surface area contributed by atoms with Gasteiger partial charge in [0.1, 0.15) is 5.82 Å². The number of nitrogens with two attached hydrogens (primary N) is 2. The van der Waals surface area contributed by atoms with Gasteiger partial charge in [-0.05, 0) is 61.2 Å². The minimum atomic E-state index is -0.583. The number of halogens is 1. The molecule has 7 heteroatoms. The quantitative estimate of drug-likeness (QED) is 0.634. The first-order valence-corrected chi connectivity index (χ1v) is 8.16. The molecule has 6 N–H and O–H groups in total. The summed E-state index contributed by atoms with van der Waals surface area (Å²) >= 11 is 0. The lowest BCUT2D eigenvalue weighted by atomic mass is 10.0. The number of ether oxygens (including phenoxy) is 1. The molecule has 0 aromatic heterocycles. The molecule has 0 saturated heterocycles. The first-order valence-electron chi connectivity index (χ1n) is 8.16. The van der Waals surface area contributed by atoms with Crippen LogP contribution < -0.4 is 22.1 Å². The molecule has 0 fully saturated rings. The van der Waals surface area contributed by atoms with Crippen molar-refractivity contribution in [1.82, 2.24) is 0 Å². The molecule has 1 atom stereocenters. The molecule has 0 heterocycles. The molecule has 0 radical (unpaired) electrons. The van der Waals surface area contributed by atoms with E-state index in [0.717, 1.165) is 29.7 Å². The summed E-state index contributed by atoms with van der Waals surface area (Å²) in [6.07, 6.45) is 1.01. The van der Waals surface area contributed by atoms with Gasteiger partial charge < -0.3 is 21.5 Å². The highest BCUT2D eigenvalue weighted by atomic mass is 19.1. The molecule has 1 amide bonds. The summed E-state index contributed by atoms with van der Waals surface area (Å²) in [6.45, 7) is 1.99. The van der Waals surface area contributed by atoms with Crippen molar-refractivity contribution in [3.05, 3.63) is 47.3 Å². The average Bonchev–Trinajstić information content (AvgIpc) is 2.97. The maximum absolute atomic E-state index is 13.0. The molecule has 132 valence electrons. The van der Waals surface area contributed by atoms with Gasteiger partial charge in [0.15, 0.2) is 0 Å². The highest BCUT2D eigenvalue weighted by Gasteiger charge is 2.27. The molecule has 0 saturated carbocycles. The van der Waals surface area contributed by atoms with Crippen molar-refractivity contribution in [3.63, 3.8) is 0 Å². The number of anilines is 4. The predicted octanol–water partition coefficient (Wildman–Crippen LogP) is 3.66. The van der Waals surface area contributed by atoms with E-state index >= 15 is 0 Å². The highest BCUT2D eigenvalue weighted by molar-refractivity contribution is 5.96. The van der Waals surface area contributed by atoms with Crippen molar-refractivity contribution >= 4 is 28.8 Å². The van der Waals surface area contributed by atoms with E-state index in [2.05, 4.69) is 10.6 Å². The van der Waals surface area contributed by atoms with E-state index in [1.54, 1.807) is 19.1 Å². The monoisotopic (exact) mass is 344 g/mol. The summed E-state index contributed by atoms with van der Waals surface area (Å²) in [4.78, 5) is 11.7. The molecule has 2 aromatic carbocycles. The largest absolute Gasteiger partial charge is 0.450 e. The average molecular weight is 344 g/mol. The molecule has 25 heavy (non-hydrogen) atoms. The highest BCUT2D eigenvalue weighted by Crippen LogP contribution is 2.43. The van der Waals surface area contributed by atoms with Gasteiger partial charge in [-0.1, -0.05) is 0 Å². The van der Waals surface area contributed by atoms with Gasteiger partial charge in [-0.15, -0.1) is 0 Å². The number of fused-ring (bicyclic) bond motifs is 1. The van der Waals surface area contributed by atoms with Crippen LogP contribution in [0.4, 0.5) is 31.9 Å². The first-order chi connectivity index (χ1) is 12.0. The number of hydrogen-bond acceptors (Lipinski definition) is 5. The maximum atomic E-state index is 13.0. The Morgan fingerprint density at radius 3 is 2.72 bits per heavy atom. The summed E-state index contributed by atoms with van der Waals surface area (Å²) in [5, 5.41) is 5.98. The second kappa shape index (κ2) is 6.88. The number of rotatable bonds is 4. The minimum absolute atomic E-state index is 0.0294. The van der Waals surface area contributed by atoms with Crippen LogP contribution in [0.25, 0.3) is 0 Å². The third-order valence-electron chi connectivity index (χ3n) is 4.29. The van der Waals surface area contributed by atoms with E-state index in [4.69, 9.17) is 16.2 Å². The third-order valence-corrected chi connectivity index (χ3v) is 4.29. The van der Waals surface area contributed by atoms with Gasteiger partial charge >= 0.3 is 6.09 Å². The van der Waals surface area contributed by atoms with E-state index in [9.17, 15) is 9.18 Å². The lowest BCUT2D eigenvalue weighted by molar-refractivity contribution is 0.168. The third kappa shape index (κ3) is 3.45. The van der Waals surface area contributed by atoms with E-state index in [1.165, 1.54) is 12.1 Å². The van der Waals surface area contributed by atoms with Crippen LogP contribution in [0.3, 0.4) is 0 Å². The second-order valence-electron chi connectivity index (χ2n) is 5.91. The van der Waals surface area contributed by atoms with E-state index < -0.39 is 6.09 Å². The Morgan fingerprint density at radius 1 is 1.32 bits per heavy atom. The normalized spacial score (nSPS) is 15.5.